The van der Waals surface area contributed by atoms with Crippen molar-refractivity contribution in [2.45, 2.75) is 64.7 Å². The minimum Gasteiger partial charge on any atom is -0.464 e. The Balaban J connectivity index is 1.83. The van der Waals surface area contributed by atoms with Crippen LogP contribution < -0.4 is 0 Å². The third kappa shape index (κ3) is 10.7. The molecule has 1 heterocycles. The number of carbonyl (C=O) groups is 1. The quantitative estimate of drug-likeness (QED) is 0.409. The van der Waals surface area contributed by atoms with Gasteiger partial charge in [-0.05, 0) is 6.42 Å². The van der Waals surface area contributed by atoms with Crippen LogP contribution in [0.25, 0.3) is 0 Å². The molecule has 4 heteroatoms. The summed E-state index contributed by atoms with van der Waals surface area (Å²) >= 11 is 0. The first kappa shape index (κ1) is 18.4. The minimum atomic E-state index is -0.0331. The normalized spacial score (nSPS) is 16.0. The largest absolute Gasteiger partial charge is 0.464 e. The average Bonchev–Trinajstić information content (AvgIpc) is 2.51. The summed E-state index contributed by atoms with van der Waals surface area (Å²) in [6.45, 7) is 7.11. The number of hydrogen-bond donors (Lipinski definition) is 0. The Hall–Kier alpha value is -0.610. The Morgan fingerprint density at radius 3 is 2.29 bits per heavy atom. The summed E-state index contributed by atoms with van der Waals surface area (Å²) in [7, 11) is 0. The van der Waals surface area contributed by atoms with Gasteiger partial charge in [0.2, 0.25) is 0 Å². The van der Waals surface area contributed by atoms with Gasteiger partial charge in [-0.3, -0.25) is 9.69 Å². The molecule has 1 saturated heterocycles. The molecule has 0 radical (unpaired) electrons. The van der Waals surface area contributed by atoms with Gasteiger partial charge >= 0.3 is 5.97 Å². The van der Waals surface area contributed by atoms with Gasteiger partial charge in [-0.15, -0.1) is 0 Å². The van der Waals surface area contributed by atoms with Crippen LogP contribution in [-0.2, 0) is 14.3 Å². The van der Waals surface area contributed by atoms with Crippen molar-refractivity contribution in [3.63, 3.8) is 0 Å². The van der Waals surface area contributed by atoms with Crippen molar-refractivity contribution in [2.75, 3.05) is 39.5 Å². The Morgan fingerprint density at radius 1 is 1.00 bits per heavy atom. The van der Waals surface area contributed by atoms with E-state index in [0.717, 1.165) is 45.7 Å². The first-order chi connectivity index (χ1) is 10.3. The molecule has 0 aromatic rings. The van der Waals surface area contributed by atoms with E-state index >= 15 is 0 Å². The van der Waals surface area contributed by atoms with Gasteiger partial charge in [0.15, 0.2) is 0 Å². The van der Waals surface area contributed by atoms with Crippen molar-refractivity contribution in [3.8, 4) is 0 Å². The zero-order valence-electron chi connectivity index (χ0n) is 13.8. The van der Waals surface area contributed by atoms with Crippen molar-refractivity contribution in [1.82, 2.24) is 4.90 Å². The number of carbonyl (C=O) groups excluding carboxylic acids is 1. The zero-order chi connectivity index (χ0) is 15.2. The lowest BCUT2D eigenvalue weighted by Gasteiger charge is -2.26. The summed E-state index contributed by atoms with van der Waals surface area (Å²) in [6.07, 6.45) is 10.6. The molecular formula is C17H33NO3. The fraction of sp³-hybridized carbons (Fsp3) is 0.941. The topological polar surface area (TPSA) is 38.8 Å². The smallest absolute Gasteiger partial charge is 0.305 e. The second-order valence-corrected chi connectivity index (χ2v) is 5.90. The van der Waals surface area contributed by atoms with Crippen LogP contribution in [-0.4, -0.2) is 50.3 Å². The van der Waals surface area contributed by atoms with Crippen LogP contribution in [0.3, 0.4) is 0 Å². The minimum absolute atomic E-state index is 0.0331. The first-order valence-electron chi connectivity index (χ1n) is 8.78. The van der Waals surface area contributed by atoms with E-state index in [1.54, 1.807) is 0 Å². The lowest BCUT2D eigenvalue weighted by molar-refractivity contribution is -0.144. The Kier molecular flexibility index (Phi) is 11.5. The van der Waals surface area contributed by atoms with Gasteiger partial charge in [0, 0.05) is 26.1 Å². The summed E-state index contributed by atoms with van der Waals surface area (Å²) in [5.74, 6) is -0.0331. The van der Waals surface area contributed by atoms with E-state index in [-0.39, 0.29) is 5.97 Å². The maximum absolute atomic E-state index is 11.6. The highest BCUT2D eigenvalue weighted by Gasteiger charge is 2.10. The van der Waals surface area contributed by atoms with Crippen LogP contribution in [0.15, 0.2) is 0 Å². The Morgan fingerprint density at radius 2 is 1.62 bits per heavy atom. The summed E-state index contributed by atoms with van der Waals surface area (Å²) in [6, 6.07) is 0. The highest BCUT2D eigenvalue weighted by atomic mass is 16.5. The summed E-state index contributed by atoms with van der Waals surface area (Å²) in [5.41, 5.74) is 0. The van der Waals surface area contributed by atoms with Crippen molar-refractivity contribution in [2.24, 2.45) is 0 Å². The molecule has 124 valence electrons. The van der Waals surface area contributed by atoms with Crippen LogP contribution in [0.4, 0.5) is 0 Å². The summed E-state index contributed by atoms with van der Waals surface area (Å²) in [5, 5.41) is 0. The molecule has 21 heavy (non-hydrogen) atoms. The standard InChI is InChI=1S/C17H33NO3/c1-2-3-4-5-6-7-8-9-10-17(19)21-16-13-18-11-14-20-15-12-18/h2-16H2,1H3. The van der Waals surface area contributed by atoms with E-state index in [1.807, 2.05) is 0 Å². The molecule has 1 aliphatic rings. The molecule has 0 aromatic heterocycles. The number of esters is 1. The van der Waals surface area contributed by atoms with Gasteiger partial charge < -0.3 is 9.47 Å². The Bertz CT molecular complexity index is 252. The second-order valence-electron chi connectivity index (χ2n) is 5.90. The second kappa shape index (κ2) is 13.1. The number of ether oxygens (including phenoxy) is 2. The predicted octanol–water partition coefficient (Wildman–Crippen LogP) is 3.39. The maximum Gasteiger partial charge on any atom is 0.305 e. The molecule has 0 atom stereocenters. The average molecular weight is 299 g/mol. The number of morpholine rings is 1. The highest BCUT2D eigenvalue weighted by Crippen LogP contribution is 2.09. The van der Waals surface area contributed by atoms with Crippen LogP contribution in [0.2, 0.25) is 0 Å². The molecule has 0 saturated carbocycles. The van der Waals surface area contributed by atoms with E-state index in [1.165, 1.54) is 38.5 Å². The summed E-state index contributed by atoms with van der Waals surface area (Å²) < 4.78 is 10.6. The first-order valence-corrected chi connectivity index (χ1v) is 8.78. The molecule has 0 aliphatic carbocycles. The molecule has 0 N–H and O–H groups in total. The molecule has 0 amide bonds. The fourth-order valence-corrected chi connectivity index (χ4v) is 2.59. The number of unbranched alkanes of at least 4 members (excludes halogenated alkanes) is 7. The van der Waals surface area contributed by atoms with Crippen LogP contribution in [0.1, 0.15) is 64.7 Å². The number of nitrogens with zero attached hydrogens (tertiary/aromatic N) is 1. The molecule has 1 fully saturated rings. The van der Waals surface area contributed by atoms with Gasteiger partial charge in [-0.2, -0.15) is 0 Å². The lowest BCUT2D eigenvalue weighted by Crippen LogP contribution is -2.38. The van der Waals surface area contributed by atoms with E-state index < -0.39 is 0 Å². The van der Waals surface area contributed by atoms with E-state index in [0.29, 0.717) is 13.0 Å². The van der Waals surface area contributed by atoms with E-state index in [4.69, 9.17) is 9.47 Å². The van der Waals surface area contributed by atoms with Gasteiger partial charge in [0.05, 0.1) is 13.2 Å². The highest BCUT2D eigenvalue weighted by molar-refractivity contribution is 5.69. The fourth-order valence-electron chi connectivity index (χ4n) is 2.59. The van der Waals surface area contributed by atoms with Gasteiger partial charge in [-0.25, -0.2) is 0 Å². The van der Waals surface area contributed by atoms with Gasteiger partial charge in [0.1, 0.15) is 6.61 Å². The van der Waals surface area contributed by atoms with E-state index in [9.17, 15) is 4.79 Å². The molecule has 0 bridgehead atoms. The third-order valence-corrected chi connectivity index (χ3v) is 4.01. The monoisotopic (exact) mass is 299 g/mol. The lowest BCUT2D eigenvalue weighted by atomic mass is 10.1. The van der Waals surface area contributed by atoms with Crippen molar-refractivity contribution in [3.05, 3.63) is 0 Å². The molecule has 1 aliphatic heterocycles. The molecule has 0 unspecified atom stereocenters. The van der Waals surface area contributed by atoms with Gasteiger partial charge in [-0.1, -0.05) is 51.9 Å². The molecule has 1 rings (SSSR count). The van der Waals surface area contributed by atoms with E-state index in [2.05, 4.69) is 11.8 Å². The predicted molar refractivity (Wildman–Crippen MR) is 85.4 cm³/mol. The zero-order valence-corrected chi connectivity index (χ0v) is 13.8. The molecular weight excluding hydrogens is 266 g/mol. The molecule has 0 aromatic carbocycles. The molecule has 4 nitrogen and oxygen atoms in total. The molecule has 0 spiro atoms. The van der Waals surface area contributed by atoms with Crippen LogP contribution in [0.5, 0.6) is 0 Å². The van der Waals surface area contributed by atoms with Crippen molar-refractivity contribution >= 4 is 5.97 Å². The van der Waals surface area contributed by atoms with Crippen molar-refractivity contribution < 1.29 is 14.3 Å². The third-order valence-electron chi connectivity index (χ3n) is 4.01. The van der Waals surface area contributed by atoms with Crippen LogP contribution in [0, 0.1) is 0 Å². The van der Waals surface area contributed by atoms with Gasteiger partial charge in [0.25, 0.3) is 0 Å². The maximum atomic E-state index is 11.6. The van der Waals surface area contributed by atoms with Crippen molar-refractivity contribution in [1.29, 1.82) is 0 Å². The SMILES string of the molecule is CCCCCCCCCCC(=O)OCCN1CCOCC1. The summed E-state index contributed by atoms with van der Waals surface area (Å²) in [4.78, 5) is 13.9. The van der Waals surface area contributed by atoms with Crippen LogP contribution >= 0.6 is 0 Å². The number of rotatable bonds is 12. The Labute approximate surface area is 130 Å². The number of hydrogen-bond acceptors (Lipinski definition) is 4.